The van der Waals surface area contributed by atoms with Crippen molar-refractivity contribution in [3.63, 3.8) is 0 Å². The van der Waals surface area contributed by atoms with Crippen molar-refractivity contribution < 1.29 is 15.0 Å². The first-order valence-electron chi connectivity index (χ1n) is 8.30. The zero-order valence-electron chi connectivity index (χ0n) is 14.3. The first-order valence-corrected chi connectivity index (χ1v) is 8.30. The fourth-order valence-electron chi connectivity index (χ4n) is 5.14. The van der Waals surface area contributed by atoms with Gasteiger partial charge in [0.15, 0.2) is 0 Å². The number of carbonyl (C=O) groups excluding carboxylic acids is 1. The lowest BCUT2D eigenvalue weighted by Crippen LogP contribution is -2.59. The van der Waals surface area contributed by atoms with Crippen LogP contribution in [-0.2, 0) is 4.79 Å². The minimum Gasteiger partial charge on any atom is -0.393 e. The zero-order chi connectivity index (χ0) is 16.7. The molecule has 3 heteroatoms. The number of hydrogen-bond acceptors (Lipinski definition) is 3. The van der Waals surface area contributed by atoms with Gasteiger partial charge in [0.1, 0.15) is 6.29 Å². The van der Waals surface area contributed by atoms with Crippen LogP contribution in [0.4, 0.5) is 0 Å². The standard InChI is InChI=1S/C19H30O3/c1-12(11-20)6-7-14-13(2)10-15(21)17-18(3,4)16(22)8-9-19(14,17)5/h6,11,14-17,21-22H,2,7-10H2,1,3-5H3/t14-,15+,16-,17-,19+/m0/s1. The van der Waals surface area contributed by atoms with Gasteiger partial charge in [-0.3, -0.25) is 4.79 Å². The molecular formula is C19H30O3. The lowest BCUT2D eigenvalue weighted by Gasteiger charge is -2.60. The highest BCUT2D eigenvalue weighted by Gasteiger charge is 2.58. The molecule has 2 aliphatic rings. The van der Waals surface area contributed by atoms with Gasteiger partial charge in [-0.1, -0.05) is 39.0 Å². The second kappa shape index (κ2) is 5.93. The molecule has 124 valence electrons. The van der Waals surface area contributed by atoms with E-state index in [2.05, 4.69) is 27.4 Å². The number of carbonyl (C=O) groups is 1. The topological polar surface area (TPSA) is 57.5 Å². The van der Waals surface area contributed by atoms with Gasteiger partial charge in [-0.2, -0.15) is 0 Å². The number of aldehydes is 1. The van der Waals surface area contributed by atoms with E-state index in [0.29, 0.717) is 6.42 Å². The van der Waals surface area contributed by atoms with Crippen molar-refractivity contribution in [3.8, 4) is 0 Å². The molecule has 0 unspecified atom stereocenters. The quantitative estimate of drug-likeness (QED) is 0.478. The average molecular weight is 306 g/mol. The van der Waals surface area contributed by atoms with Crippen LogP contribution >= 0.6 is 0 Å². The van der Waals surface area contributed by atoms with Gasteiger partial charge in [0, 0.05) is 0 Å². The summed E-state index contributed by atoms with van der Waals surface area (Å²) in [6.45, 7) is 12.4. The van der Waals surface area contributed by atoms with E-state index in [1.165, 1.54) is 0 Å². The summed E-state index contributed by atoms with van der Waals surface area (Å²) in [5.74, 6) is 0.298. The molecule has 0 spiro atoms. The van der Waals surface area contributed by atoms with Crippen LogP contribution in [0.1, 0.15) is 53.4 Å². The first kappa shape index (κ1) is 17.4. The highest BCUT2D eigenvalue weighted by Crippen LogP contribution is 2.61. The van der Waals surface area contributed by atoms with E-state index in [1.807, 2.05) is 13.0 Å². The van der Waals surface area contributed by atoms with E-state index < -0.39 is 6.10 Å². The third-order valence-electron chi connectivity index (χ3n) is 6.33. The van der Waals surface area contributed by atoms with Crippen molar-refractivity contribution in [3.05, 3.63) is 23.8 Å². The van der Waals surface area contributed by atoms with Crippen molar-refractivity contribution in [2.45, 2.75) is 65.6 Å². The highest BCUT2D eigenvalue weighted by molar-refractivity contribution is 5.71. The summed E-state index contributed by atoms with van der Waals surface area (Å²) < 4.78 is 0. The van der Waals surface area contributed by atoms with Crippen molar-refractivity contribution in [1.82, 2.24) is 0 Å². The van der Waals surface area contributed by atoms with Gasteiger partial charge in [0.25, 0.3) is 0 Å². The summed E-state index contributed by atoms with van der Waals surface area (Å²) in [4.78, 5) is 10.9. The molecule has 0 amide bonds. The Morgan fingerprint density at radius 1 is 1.36 bits per heavy atom. The van der Waals surface area contributed by atoms with Crippen LogP contribution in [0.15, 0.2) is 23.8 Å². The molecule has 2 fully saturated rings. The van der Waals surface area contributed by atoms with Gasteiger partial charge in [0.2, 0.25) is 0 Å². The Labute approximate surface area is 134 Å². The van der Waals surface area contributed by atoms with E-state index in [4.69, 9.17) is 0 Å². The molecule has 2 saturated carbocycles. The monoisotopic (exact) mass is 306 g/mol. The lowest BCUT2D eigenvalue weighted by atomic mass is 9.45. The number of aliphatic hydroxyl groups is 2. The molecule has 0 heterocycles. The molecule has 2 aliphatic carbocycles. The predicted molar refractivity (Wildman–Crippen MR) is 88.3 cm³/mol. The van der Waals surface area contributed by atoms with E-state index in [0.717, 1.165) is 36.7 Å². The fraction of sp³-hybridized carbons (Fsp3) is 0.737. The molecular weight excluding hydrogens is 276 g/mol. The van der Waals surface area contributed by atoms with E-state index in [9.17, 15) is 15.0 Å². The molecule has 0 aromatic heterocycles. The Balaban J connectivity index is 2.39. The number of aliphatic hydroxyl groups excluding tert-OH is 2. The normalized spacial score (nSPS) is 41.9. The van der Waals surface area contributed by atoms with Crippen LogP contribution in [0.25, 0.3) is 0 Å². The summed E-state index contributed by atoms with van der Waals surface area (Å²) in [7, 11) is 0. The van der Waals surface area contributed by atoms with Crippen LogP contribution in [0.2, 0.25) is 0 Å². The number of allylic oxidation sites excluding steroid dienone is 2. The zero-order valence-corrected chi connectivity index (χ0v) is 14.3. The van der Waals surface area contributed by atoms with Crippen LogP contribution in [-0.4, -0.2) is 28.7 Å². The van der Waals surface area contributed by atoms with Crippen LogP contribution in [0, 0.1) is 22.7 Å². The molecule has 0 saturated heterocycles. The average Bonchev–Trinajstić information content (AvgIpc) is 2.42. The van der Waals surface area contributed by atoms with Crippen LogP contribution in [0.5, 0.6) is 0 Å². The van der Waals surface area contributed by atoms with Gasteiger partial charge in [-0.05, 0) is 60.8 Å². The second-order valence-corrected chi connectivity index (χ2v) is 8.14. The van der Waals surface area contributed by atoms with Crippen molar-refractivity contribution >= 4 is 6.29 Å². The maximum Gasteiger partial charge on any atom is 0.145 e. The smallest absolute Gasteiger partial charge is 0.145 e. The molecule has 0 aromatic carbocycles. The molecule has 2 N–H and O–H groups in total. The largest absolute Gasteiger partial charge is 0.393 e. The Morgan fingerprint density at radius 2 is 2.00 bits per heavy atom. The molecule has 2 rings (SSSR count). The van der Waals surface area contributed by atoms with Crippen LogP contribution < -0.4 is 0 Å². The van der Waals surface area contributed by atoms with E-state index in [1.54, 1.807) is 0 Å². The number of rotatable bonds is 3. The summed E-state index contributed by atoms with van der Waals surface area (Å²) >= 11 is 0. The van der Waals surface area contributed by atoms with Crippen molar-refractivity contribution in [1.29, 1.82) is 0 Å². The Bertz CT molecular complexity index is 491. The first-order chi connectivity index (χ1) is 10.1. The molecule has 22 heavy (non-hydrogen) atoms. The van der Waals surface area contributed by atoms with Gasteiger partial charge >= 0.3 is 0 Å². The molecule has 0 radical (unpaired) electrons. The molecule has 0 aliphatic heterocycles. The summed E-state index contributed by atoms with van der Waals surface area (Å²) in [5, 5.41) is 21.1. The van der Waals surface area contributed by atoms with Gasteiger partial charge < -0.3 is 10.2 Å². The molecule has 5 atom stereocenters. The summed E-state index contributed by atoms with van der Waals surface area (Å²) in [5.41, 5.74) is 1.42. The molecule has 0 aromatic rings. The highest BCUT2D eigenvalue weighted by atomic mass is 16.3. The Kier molecular flexibility index (Phi) is 4.70. The Hall–Kier alpha value is -0.930. The fourth-order valence-corrected chi connectivity index (χ4v) is 5.14. The van der Waals surface area contributed by atoms with Crippen molar-refractivity contribution in [2.24, 2.45) is 22.7 Å². The molecule has 3 nitrogen and oxygen atoms in total. The predicted octanol–water partition coefficient (Wildman–Crippen LogP) is 3.26. The van der Waals surface area contributed by atoms with Crippen LogP contribution in [0.3, 0.4) is 0 Å². The van der Waals surface area contributed by atoms with Gasteiger partial charge in [0.05, 0.1) is 12.2 Å². The number of hydrogen-bond donors (Lipinski definition) is 2. The minimum absolute atomic E-state index is 0.0455. The van der Waals surface area contributed by atoms with E-state index in [-0.39, 0.29) is 28.8 Å². The SMILES string of the molecule is C=C1C[C@@H](O)[C@H]2C(C)(C)[C@@H](O)CC[C@]2(C)[C@H]1CC=C(C)C=O. The van der Waals surface area contributed by atoms with Crippen molar-refractivity contribution in [2.75, 3.05) is 0 Å². The van der Waals surface area contributed by atoms with Gasteiger partial charge in [-0.15, -0.1) is 0 Å². The lowest BCUT2D eigenvalue weighted by molar-refractivity contribution is -0.167. The van der Waals surface area contributed by atoms with E-state index >= 15 is 0 Å². The third-order valence-corrected chi connectivity index (χ3v) is 6.33. The van der Waals surface area contributed by atoms with Gasteiger partial charge in [-0.25, -0.2) is 0 Å². The summed E-state index contributed by atoms with van der Waals surface area (Å²) in [6.07, 6.45) is 5.07. The second-order valence-electron chi connectivity index (χ2n) is 8.14. The Morgan fingerprint density at radius 3 is 2.59 bits per heavy atom. The third kappa shape index (κ3) is 2.69. The molecule has 0 bridgehead atoms. The number of fused-ring (bicyclic) bond motifs is 1. The summed E-state index contributed by atoms with van der Waals surface area (Å²) in [6, 6.07) is 0. The maximum absolute atomic E-state index is 10.9. The maximum atomic E-state index is 10.9. The minimum atomic E-state index is -0.449.